The minimum Gasteiger partial charge on any atom is -0.456 e. The van der Waals surface area contributed by atoms with E-state index in [-0.39, 0.29) is 0 Å². The molecule has 9 aromatic rings. The van der Waals surface area contributed by atoms with Crippen molar-refractivity contribution in [3.05, 3.63) is 188 Å². The van der Waals surface area contributed by atoms with E-state index in [1.54, 1.807) is 0 Å². The maximum absolute atomic E-state index is 6.73. The number of hydrogen-bond donors (Lipinski definition) is 0. The largest absolute Gasteiger partial charge is 0.456 e. The van der Waals surface area contributed by atoms with Gasteiger partial charge in [0.2, 0.25) is 0 Å². The van der Waals surface area contributed by atoms with Crippen molar-refractivity contribution in [2.24, 2.45) is 0 Å². The number of benzene rings is 8. The Morgan fingerprint density at radius 3 is 1.40 bits per heavy atom. The lowest BCUT2D eigenvalue weighted by atomic mass is 9.97. The number of anilines is 3. The molecule has 1 aromatic heterocycles. The van der Waals surface area contributed by atoms with E-state index in [0.29, 0.717) is 0 Å². The van der Waals surface area contributed by atoms with Crippen LogP contribution in [-0.2, 0) is 0 Å². The van der Waals surface area contributed by atoms with Crippen molar-refractivity contribution in [3.63, 3.8) is 0 Å². The summed E-state index contributed by atoms with van der Waals surface area (Å²) in [7, 11) is 0. The monoisotopic (exact) mass is 613 g/mol. The number of hydrogen-bond acceptors (Lipinski definition) is 2. The van der Waals surface area contributed by atoms with Crippen LogP contribution in [0.15, 0.2) is 192 Å². The molecule has 48 heavy (non-hydrogen) atoms. The van der Waals surface area contributed by atoms with Crippen molar-refractivity contribution in [2.45, 2.75) is 0 Å². The second-order valence-corrected chi connectivity index (χ2v) is 12.2. The third-order valence-corrected chi connectivity index (χ3v) is 9.23. The van der Waals surface area contributed by atoms with Gasteiger partial charge < -0.3 is 9.32 Å². The lowest BCUT2D eigenvalue weighted by Crippen LogP contribution is -2.10. The first-order valence-corrected chi connectivity index (χ1v) is 16.3. The Morgan fingerprint density at radius 1 is 0.333 bits per heavy atom. The Bertz CT molecular complexity index is 2520. The predicted octanol–water partition coefficient (Wildman–Crippen LogP) is 13.2. The number of rotatable bonds is 6. The molecule has 0 N–H and O–H groups in total. The van der Waals surface area contributed by atoms with Gasteiger partial charge in [-0.25, -0.2) is 0 Å². The lowest BCUT2D eigenvalue weighted by Gasteiger charge is -2.27. The van der Waals surface area contributed by atoms with Crippen LogP contribution in [0.4, 0.5) is 17.1 Å². The first kappa shape index (κ1) is 27.9. The smallest absolute Gasteiger partial charge is 0.138 e. The Balaban J connectivity index is 1.28. The van der Waals surface area contributed by atoms with Gasteiger partial charge in [0, 0.05) is 16.8 Å². The fraction of sp³-hybridized carbons (Fsp3) is 0. The highest BCUT2D eigenvalue weighted by molar-refractivity contribution is 6.17. The van der Waals surface area contributed by atoms with E-state index in [4.69, 9.17) is 4.42 Å². The van der Waals surface area contributed by atoms with Gasteiger partial charge in [0.15, 0.2) is 0 Å². The van der Waals surface area contributed by atoms with Crippen LogP contribution in [0.5, 0.6) is 0 Å². The van der Waals surface area contributed by atoms with Crippen molar-refractivity contribution in [3.8, 4) is 33.4 Å². The second-order valence-electron chi connectivity index (χ2n) is 12.2. The molecular weight excluding hydrogens is 583 g/mol. The molecule has 0 saturated carbocycles. The van der Waals surface area contributed by atoms with Crippen molar-refractivity contribution in [1.82, 2.24) is 0 Å². The lowest BCUT2D eigenvalue weighted by molar-refractivity contribution is 0.669. The van der Waals surface area contributed by atoms with Gasteiger partial charge in [-0.15, -0.1) is 0 Å². The molecule has 0 saturated heterocycles. The molecule has 9 rings (SSSR count). The predicted molar refractivity (Wildman–Crippen MR) is 202 cm³/mol. The average Bonchev–Trinajstić information content (AvgIpc) is 3.53. The van der Waals surface area contributed by atoms with Gasteiger partial charge in [0.1, 0.15) is 11.2 Å². The van der Waals surface area contributed by atoms with E-state index >= 15 is 0 Å². The fourth-order valence-electron chi connectivity index (χ4n) is 6.84. The minimum absolute atomic E-state index is 0.863. The first-order chi connectivity index (χ1) is 23.8. The van der Waals surface area contributed by atoms with E-state index in [1.807, 2.05) is 0 Å². The quantitative estimate of drug-likeness (QED) is 0.185. The van der Waals surface area contributed by atoms with Crippen molar-refractivity contribution in [2.75, 3.05) is 4.90 Å². The third-order valence-electron chi connectivity index (χ3n) is 9.23. The molecule has 0 atom stereocenters. The summed E-state index contributed by atoms with van der Waals surface area (Å²) in [6, 6.07) is 66.9. The third kappa shape index (κ3) is 5.01. The Kier molecular flexibility index (Phi) is 6.84. The molecule has 0 aliphatic carbocycles. The summed E-state index contributed by atoms with van der Waals surface area (Å²) in [4.78, 5) is 2.36. The Labute approximate surface area is 279 Å². The standard InChI is InChI=1S/C46H31NO/c1-4-12-32(13-5-1)34-20-22-36(23-21-34)39-29-43(46-42-28-37-16-10-11-17-38(37)30-44(42)48-45(46)31-39)47(40-18-8-3-9-19-40)41-26-24-35(25-27-41)33-14-6-2-7-15-33/h1-31H. The van der Waals surface area contributed by atoms with Crippen LogP contribution in [0.2, 0.25) is 0 Å². The zero-order valence-electron chi connectivity index (χ0n) is 26.3. The number of nitrogens with zero attached hydrogens (tertiary/aromatic N) is 1. The van der Waals surface area contributed by atoms with Crippen LogP contribution in [0.3, 0.4) is 0 Å². The van der Waals surface area contributed by atoms with Crippen molar-refractivity contribution >= 4 is 49.8 Å². The molecule has 0 bridgehead atoms. The highest BCUT2D eigenvalue weighted by Gasteiger charge is 2.22. The molecule has 0 aliphatic heterocycles. The molecule has 0 fully saturated rings. The molecule has 1 heterocycles. The highest BCUT2D eigenvalue weighted by Crippen LogP contribution is 2.46. The Hall–Kier alpha value is -6.38. The van der Waals surface area contributed by atoms with Gasteiger partial charge in [0.25, 0.3) is 0 Å². The second kappa shape index (κ2) is 11.8. The van der Waals surface area contributed by atoms with Crippen LogP contribution < -0.4 is 4.90 Å². The van der Waals surface area contributed by atoms with Crippen LogP contribution in [-0.4, -0.2) is 0 Å². The normalized spacial score (nSPS) is 11.3. The number of furan rings is 1. The molecule has 0 spiro atoms. The van der Waals surface area contributed by atoms with Crippen LogP contribution in [0.1, 0.15) is 0 Å². The highest BCUT2D eigenvalue weighted by atomic mass is 16.3. The maximum atomic E-state index is 6.73. The minimum atomic E-state index is 0.863. The number of para-hydroxylation sites is 1. The summed E-state index contributed by atoms with van der Waals surface area (Å²) in [5, 5.41) is 4.55. The van der Waals surface area contributed by atoms with Gasteiger partial charge >= 0.3 is 0 Å². The first-order valence-electron chi connectivity index (χ1n) is 16.3. The zero-order chi connectivity index (χ0) is 31.9. The molecule has 0 unspecified atom stereocenters. The summed E-state index contributed by atoms with van der Waals surface area (Å²) >= 11 is 0. The van der Waals surface area contributed by atoms with Crippen molar-refractivity contribution < 1.29 is 4.42 Å². The van der Waals surface area contributed by atoms with Gasteiger partial charge in [-0.2, -0.15) is 0 Å². The topological polar surface area (TPSA) is 16.4 Å². The summed E-state index contributed by atoms with van der Waals surface area (Å²) in [6.45, 7) is 0. The van der Waals surface area contributed by atoms with Crippen LogP contribution >= 0.6 is 0 Å². The molecule has 0 amide bonds. The molecule has 8 aromatic carbocycles. The summed E-state index contributed by atoms with van der Waals surface area (Å²) in [5.41, 5.74) is 12.0. The Morgan fingerprint density at radius 2 is 0.792 bits per heavy atom. The average molecular weight is 614 g/mol. The number of fused-ring (bicyclic) bond motifs is 4. The summed E-state index contributed by atoms with van der Waals surface area (Å²) < 4.78 is 6.73. The summed E-state index contributed by atoms with van der Waals surface area (Å²) in [5.74, 6) is 0. The molecule has 0 aliphatic rings. The van der Waals surface area contributed by atoms with E-state index in [2.05, 4.69) is 193 Å². The van der Waals surface area contributed by atoms with Gasteiger partial charge in [-0.1, -0.05) is 140 Å². The van der Waals surface area contributed by atoms with E-state index in [1.165, 1.54) is 33.0 Å². The van der Waals surface area contributed by atoms with Gasteiger partial charge in [-0.05, 0) is 92.7 Å². The van der Waals surface area contributed by atoms with E-state index < -0.39 is 0 Å². The molecule has 0 radical (unpaired) electrons. The van der Waals surface area contributed by atoms with Crippen molar-refractivity contribution in [1.29, 1.82) is 0 Å². The molecular formula is C46H31NO. The van der Waals surface area contributed by atoms with E-state index in [9.17, 15) is 0 Å². The zero-order valence-corrected chi connectivity index (χ0v) is 26.3. The molecule has 226 valence electrons. The maximum Gasteiger partial charge on any atom is 0.138 e. The van der Waals surface area contributed by atoms with Crippen LogP contribution in [0.25, 0.3) is 66.1 Å². The fourth-order valence-corrected chi connectivity index (χ4v) is 6.84. The SMILES string of the molecule is c1ccc(-c2ccc(-c3cc(N(c4ccccc4)c4ccc(-c5ccccc5)cc4)c4c(c3)oc3cc5ccccc5cc34)cc2)cc1. The van der Waals surface area contributed by atoms with Gasteiger partial charge in [-0.3, -0.25) is 0 Å². The molecule has 2 nitrogen and oxygen atoms in total. The van der Waals surface area contributed by atoms with Crippen LogP contribution in [0, 0.1) is 0 Å². The summed E-state index contributed by atoms with van der Waals surface area (Å²) in [6.07, 6.45) is 0. The van der Waals surface area contributed by atoms with Gasteiger partial charge in [0.05, 0.1) is 11.1 Å². The molecule has 2 heteroatoms. The van der Waals surface area contributed by atoms with E-state index in [0.717, 1.165) is 50.1 Å².